The molecule has 0 saturated carbocycles. The average Bonchev–Trinajstić information content (AvgIpc) is 4.10. The molecular formula is C45H34N8O8S3. The molecule has 1 aliphatic heterocycles. The van der Waals surface area contributed by atoms with Gasteiger partial charge in [0.05, 0.1) is 43.7 Å². The van der Waals surface area contributed by atoms with E-state index in [0.29, 0.717) is 28.3 Å². The predicted molar refractivity (Wildman–Crippen MR) is 234 cm³/mol. The van der Waals surface area contributed by atoms with Crippen LogP contribution in [0, 0.1) is 0 Å². The van der Waals surface area contributed by atoms with E-state index in [9.17, 15) is 26.4 Å². The number of carbonyl (C=O) groups excluding carboxylic acids is 2. The van der Waals surface area contributed by atoms with Crippen molar-refractivity contribution >= 4 is 65.3 Å². The Kier molecular flexibility index (Phi) is 11.3. The molecule has 4 aromatic carbocycles. The lowest BCUT2D eigenvalue weighted by molar-refractivity contribution is 0.0923. The number of para-hydroxylation sites is 2. The lowest BCUT2D eigenvalue weighted by Gasteiger charge is -2.21. The summed E-state index contributed by atoms with van der Waals surface area (Å²) in [6.45, 7) is 0.473. The molecule has 3 N–H and O–H groups in total. The largest absolute Gasteiger partial charge is 0.454 e. The fourth-order valence-electron chi connectivity index (χ4n) is 6.62. The molecule has 64 heavy (non-hydrogen) atoms. The zero-order valence-corrected chi connectivity index (χ0v) is 35.9. The van der Waals surface area contributed by atoms with Crippen molar-refractivity contribution < 1.29 is 35.6 Å². The van der Waals surface area contributed by atoms with Gasteiger partial charge in [0.2, 0.25) is 19.7 Å². The number of nitrogens with one attached hydrogen (secondary N) is 3. The van der Waals surface area contributed by atoms with Gasteiger partial charge in [0.15, 0.2) is 22.7 Å². The molecule has 0 atom stereocenters. The van der Waals surface area contributed by atoms with Gasteiger partial charge in [-0.25, -0.2) is 21.8 Å². The van der Waals surface area contributed by atoms with Crippen LogP contribution in [-0.4, -0.2) is 58.6 Å². The van der Waals surface area contributed by atoms with Crippen molar-refractivity contribution in [2.24, 2.45) is 7.05 Å². The summed E-state index contributed by atoms with van der Waals surface area (Å²) in [6, 6.07) is 30.6. The van der Waals surface area contributed by atoms with E-state index in [1.807, 2.05) is 30.3 Å². The van der Waals surface area contributed by atoms with Crippen LogP contribution in [-0.2, 0) is 39.8 Å². The molecule has 0 spiro atoms. The van der Waals surface area contributed by atoms with E-state index in [1.165, 1.54) is 47.2 Å². The van der Waals surface area contributed by atoms with Crippen molar-refractivity contribution in [3.05, 3.63) is 169 Å². The van der Waals surface area contributed by atoms with Crippen molar-refractivity contribution in [2.45, 2.75) is 42.5 Å². The highest BCUT2D eigenvalue weighted by Gasteiger charge is 2.28. The smallest absolute Gasteiger partial charge is 0.287 e. The second kappa shape index (κ2) is 17.3. The normalized spacial score (nSPS) is 12.1. The molecule has 0 aliphatic carbocycles. The van der Waals surface area contributed by atoms with Crippen LogP contribution < -0.4 is 15.4 Å². The van der Waals surface area contributed by atoms with Gasteiger partial charge in [-0.15, -0.1) is 0 Å². The number of carbonyl (C=O) groups is 2. The summed E-state index contributed by atoms with van der Waals surface area (Å²) in [5.41, 5.74) is 3.08. The van der Waals surface area contributed by atoms with Crippen molar-refractivity contribution in [3.63, 3.8) is 0 Å². The Bertz CT molecular complexity index is 3410. The number of amides is 2. The number of furan rings is 1. The number of nitrogens with zero attached hydrogens (tertiary/aromatic N) is 5. The van der Waals surface area contributed by atoms with Gasteiger partial charge in [0, 0.05) is 49.5 Å². The summed E-state index contributed by atoms with van der Waals surface area (Å²) in [4.78, 5) is 35.2. The third-order valence-corrected chi connectivity index (χ3v) is 14.6. The third kappa shape index (κ3) is 8.58. The molecule has 0 radical (unpaired) electrons. The van der Waals surface area contributed by atoms with E-state index in [1.54, 1.807) is 92.4 Å². The van der Waals surface area contributed by atoms with Gasteiger partial charge in [-0.05, 0) is 77.9 Å². The van der Waals surface area contributed by atoms with Gasteiger partial charge in [-0.2, -0.15) is 10.2 Å². The number of sulfone groups is 2. The van der Waals surface area contributed by atoms with Crippen LogP contribution in [0.3, 0.4) is 0 Å². The first-order chi connectivity index (χ1) is 30.9. The van der Waals surface area contributed by atoms with E-state index < -0.39 is 19.7 Å². The first kappa shape index (κ1) is 41.7. The van der Waals surface area contributed by atoms with Crippen molar-refractivity contribution in [1.82, 2.24) is 40.6 Å². The van der Waals surface area contributed by atoms with Crippen LogP contribution >= 0.6 is 11.8 Å². The molecule has 10 rings (SSSR count). The first-order valence-corrected chi connectivity index (χ1v) is 23.1. The number of aromatic nitrogens is 6. The second-order valence-corrected chi connectivity index (χ2v) is 19.3. The van der Waals surface area contributed by atoms with Crippen LogP contribution in [0.25, 0.3) is 22.0 Å². The maximum Gasteiger partial charge on any atom is 0.287 e. The van der Waals surface area contributed by atoms with E-state index in [2.05, 4.69) is 35.9 Å². The Balaban J connectivity index is 0.000000167. The summed E-state index contributed by atoms with van der Waals surface area (Å²) >= 11 is 1.48. The van der Waals surface area contributed by atoms with Crippen LogP contribution in [0.5, 0.6) is 11.5 Å². The molecule has 19 heteroatoms. The summed E-state index contributed by atoms with van der Waals surface area (Å²) in [5, 5.41) is 17.7. The first-order valence-electron chi connectivity index (χ1n) is 19.4. The fourth-order valence-corrected chi connectivity index (χ4v) is 10.3. The maximum atomic E-state index is 13.5. The third-order valence-electron chi connectivity index (χ3n) is 9.98. The SMILES string of the molecule is Cn1cc(S(=O)(=O)c2ccc(CNC(=O)c3cc4ccncc4o3)cc2)cn1.O=C(NCc1ccc(S(=O)(=O)c2cccc3c2Oc2ccccc2S3)cc1)c1cnc2[nH]ncc2c1. The topological polar surface area (TPSA) is 221 Å². The zero-order chi connectivity index (χ0) is 44.4. The number of H-pyrrole nitrogens is 1. The number of benzene rings is 4. The number of aromatic amines is 1. The number of hydrogen-bond donors (Lipinski definition) is 3. The molecule has 0 fully saturated rings. The van der Waals surface area contributed by atoms with Gasteiger partial charge >= 0.3 is 0 Å². The van der Waals surface area contributed by atoms with Crippen molar-refractivity contribution in [3.8, 4) is 11.5 Å². The van der Waals surface area contributed by atoms with Crippen LogP contribution in [0.1, 0.15) is 32.0 Å². The minimum atomic E-state index is -3.83. The van der Waals surface area contributed by atoms with E-state index in [4.69, 9.17) is 9.15 Å². The Morgan fingerprint density at radius 3 is 2.14 bits per heavy atom. The number of pyridine rings is 2. The molecule has 0 saturated heterocycles. The van der Waals surface area contributed by atoms with Gasteiger partial charge in [0.25, 0.3) is 11.8 Å². The predicted octanol–water partition coefficient (Wildman–Crippen LogP) is 7.30. The van der Waals surface area contributed by atoms with Crippen LogP contribution in [0.4, 0.5) is 0 Å². The molecule has 1 aliphatic rings. The van der Waals surface area contributed by atoms with Crippen molar-refractivity contribution in [1.29, 1.82) is 0 Å². The highest BCUT2D eigenvalue weighted by molar-refractivity contribution is 7.99. The molecule has 320 valence electrons. The van der Waals surface area contributed by atoms with Gasteiger partial charge in [-0.1, -0.05) is 54.2 Å². The summed E-state index contributed by atoms with van der Waals surface area (Å²) in [5.74, 6) is 0.516. The number of ether oxygens (including phenoxy) is 1. The monoisotopic (exact) mass is 910 g/mol. The summed E-state index contributed by atoms with van der Waals surface area (Å²) in [6.07, 6.45) is 9.02. The fraction of sp³-hybridized carbons (Fsp3) is 0.0667. The van der Waals surface area contributed by atoms with E-state index >= 15 is 0 Å². The van der Waals surface area contributed by atoms with Crippen LogP contribution in [0.2, 0.25) is 0 Å². The molecule has 9 aromatic rings. The van der Waals surface area contributed by atoms with E-state index in [0.717, 1.165) is 31.7 Å². The quantitative estimate of drug-likeness (QED) is 0.123. The minimum absolute atomic E-state index is 0.116. The number of rotatable bonds is 10. The number of aryl methyl sites for hydroxylation is 1. The average molecular weight is 911 g/mol. The lowest BCUT2D eigenvalue weighted by Crippen LogP contribution is -2.22. The molecule has 2 amide bonds. The van der Waals surface area contributed by atoms with Gasteiger partial charge < -0.3 is 19.8 Å². The van der Waals surface area contributed by atoms with Crippen molar-refractivity contribution in [2.75, 3.05) is 0 Å². The van der Waals surface area contributed by atoms with Gasteiger partial charge in [-0.3, -0.25) is 24.4 Å². The lowest BCUT2D eigenvalue weighted by atomic mass is 10.2. The molecular weight excluding hydrogens is 877 g/mol. The Labute approximate surface area is 369 Å². The van der Waals surface area contributed by atoms with Gasteiger partial charge in [0.1, 0.15) is 15.5 Å². The molecule has 6 heterocycles. The maximum absolute atomic E-state index is 13.5. The molecule has 0 bridgehead atoms. The standard InChI is InChI=1S/C26H18N4O4S2.C19H16N4O4S/c31-26(18-12-17-15-29-30-25(17)27-14-18)28-13-16-8-10-19(11-9-16)36(32,33)23-7-3-6-22-24(23)34-20-4-1-2-5-21(20)35-22;1-23-12-16(10-22-23)28(25,26)15-4-2-13(3-5-15)9-21-19(24)17-8-14-6-7-20-11-18(14)27-17/h1-12,14-15H,13H2,(H,28,31)(H,27,29,30);2-8,10-12H,9H2,1H3,(H,21,24). The number of fused-ring (bicyclic) bond motifs is 4. The zero-order valence-electron chi connectivity index (χ0n) is 33.5. The Hall–Kier alpha value is -7.61. The van der Waals surface area contributed by atoms with Crippen LogP contribution in [0.15, 0.2) is 180 Å². The Morgan fingerprint density at radius 2 is 1.42 bits per heavy atom. The summed E-state index contributed by atoms with van der Waals surface area (Å²) < 4.78 is 65.0. The summed E-state index contributed by atoms with van der Waals surface area (Å²) in [7, 11) is -5.79. The second-order valence-electron chi connectivity index (χ2n) is 14.3. The molecule has 5 aromatic heterocycles. The highest BCUT2D eigenvalue weighted by Crippen LogP contribution is 2.50. The highest BCUT2D eigenvalue weighted by atomic mass is 32.2. The number of hydrogen-bond acceptors (Lipinski definition) is 13. The Morgan fingerprint density at radius 1 is 0.719 bits per heavy atom. The minimum Gasteiger partial charge on any atom is -0.454 e. The van der Waals surface area contributed by atoms with E-state index in [-0.39, 0.29) is 50.2 Å². The molecule has 16 nitrogen and oxygen atoms in total. The molecule has 0 unspecified atom stereocenters.